The number of rotatable bonds is 16. The molecule has 2 aromatic carbocycles. The predicted molar refractivity (Wildman–Crippen MR) is 145 cm³/mol. The van der Waals surface area contributed by atoms with Crippen molar-refractivity contribution < 1.29 is 37.0 Å². The molecule has 14 heteroatoms. The van der Waals surface area contributed by atoms with Crippen molar-refractivity contribution in [1.82, 2.24) is 15.5 Å². The lowest BCUT2D eigenvalue weighted by Crippen LogP contribution is -2.53. The molecule has 2 atom stereocenters. The Morgan fingerprint density at radius 3 is 2.24 bits per heavy atom. The topological polar surface area (TPSA) is 175 Å². The standard InChI is InChI=1S/C27H37F3N6O5/c1-40-23-15-20(41-27(28,29)30)9-8-19(23)17-34-26(39)22(10-7-18-5-3-2-4-6-18)35-25(38)21(33)16-24(37)36(13-11-31)14-12-32/h2-6,8-9,15,21-22H,7,10-14,16-17,31-33H2,1H3,(H,34,39)(H,35,38). The molecule has 0 bridgehead atoms. The van der Waals surface area contributed by atoms with E-state index in [4.69, 9.17) is 21.9 Å². The Kier molecular flexibility index (Phi) is 13.3. The number of carbonyl (C=O) groups excluding carboxylic acids is 3. The lowest BCUT2D eigenvalue weighted by atomic mass is 10.0. The summed E-state index contributed by atoms with van der Waals surface area (Å²) in [5.74, 6) is -2.05. The van der Waals surface area contributed by atoms with E-state index in [1.807, 2.05) is 30.3 Å². The van der Waals surface area contributed by atoms with Crippen LogP contribution < -0.4 is 37.3 Å². The number of benzene rings is 2. The first-order valence-corrected chi connectivity index (χ1v) is 13.0. The number of ether oxygens (including phenoxy) is 2. The van der Waals surface area contributed by atoms with E-state index in [2.05, 4.69) is 15.4 Å². The van der Waals surface area contributed by atoms with Crippen molar-refractivity contribution in [3.8, 4) is 11.5 Å². The molecule has 0 fully saturated rings. The largest absolute Gasteiger partial charge is 0.573 e. The van der Waals surface area contributed by atoms with Gasteiger partial charge in [-0.3, -0.25) is 14.4 Å². The number of alkyl halides is 3. The zero-order chi connectivity index (χ0) is 30.4. The summed E-state index contributed by atoms with van der Waals surface area (Å²) in [4.78, 5) is 40.1. The molecule has 8 N–H and O–H groups in total. The third-order valence-electron chi connectivity index (χ3n) is 6.02. The van der Waals surface area contributed by atoms with Crippen molar-refractivity contribution in [2.75, 3.05) is 33.3 Å². The highest BCUT2D eigenvalue weighted by atomic mass is 19.4. The summed E-state index contributed by atoms with van der Waals surface area (Å²) in [7, 11) is 1.27. The van der Waals surface area contributed by atoms with Crippen LogP contribution in [0.2, 0.25) is 0 Å². The van der Waals surface area contributed by atoms with Gasteiger partial charge in [0.1, 0.15) is 17.5 Å². The van der Waals surface area contributed by atoms with Crippen molar-refractivity contribution >= 4 is 17.7 Å². The molecular formula is C27H37F3N6O5. The third kappa shape index (κ3) is 11.6. The van der Waals surface area contributed by atoms with Crippen LogP contribution in [0, 0.1) is 0 Å². The third-order valence-corrected chi connectivity index (χ3v) is 6.02. The molecule has 0 aliphatic carbocycles. The molecule has 0 heterocycles. The van der Waals surface area contributed by atoms with Gasteiger partial charge < -0.3 is 42.2 Å². The number of hydrogen-bond donors (Lipinski definition) is 5. The lowest BCUT2D eigenvalue weighted by Gasteiger charge is -2.24. The highest BCUT2D eigenvalue weighted by Gasteiger charge is 2.31. The Morgan fingerprint density at radius 1 is 1.00 bits per heavy atom. The summed E-state index contributed by atoms with van der Waals surface area (Å²) in [5, 5.41) is 5.30. The van der Waals surface area contributed by atoms with Gasteiger partial charge in [-0.2, -0.15) is 0 Å². The van der Waals surface area contributed by atoms with Crippen LogP contribution >= 0.6 is 0 Å². The van der Waals surface area contributed by atoms with Gasteiger partial charge in [0.15, 0.2) is 0 Å². The molecule has 0 aromatic heterocycles. The van der Waals surface area contributed by atoms with Crippen molar-refractivity contribution in [2.45, 2.75) is 44.3 Å². The molecule has 0 radical (unpaired) electrons. The second kappa shape index (κ2) is 16.4. The average molecular weight is 583 g/mol. The van der Waals surface area contributed by atoms with Gasteiger partial charge in [0.25, 0.3) is 0 Å². The monoisotopic (exact) mass is 582 g/mol. The summed E-state index contributed by atoms with van der Waals surface area (Å²) in [5.41, 5.74) is 18.4. The van der Waals surface area contributed by atoms with Crippen LogP contribution in [-0.2, 0) is 27.3 Å². The van der Waals surface area contributed by atoms with Crippen LogP contribution in [0.5, 0.6) is 11.5 Å². The molecule has 2 rings (SSSR count). The highest BCUT2D eigenvalue weighted by Crippen LogP contribution is 2.29. The second-order valence-corrected chi connectivity index (χ2v) is 9.09. The first kappa shape index (κ1) is 33.3. The van der Waals surface area contributed by atoms with Gasteiger partial charge in [-0.1, -0.05) is 30.3 Å². The number of nitrogens with two attached hydrogens (primary N) is 3. The number of aryl methyl sites for hydroxylation is 1. The zero-order valence-corrected chi connectivity index (χ0v) is 22.8. The average Bonchev–Trinajstić information content (AvgIpc) is 2.93. The van der Waals surface area contributed by atoms with Crippen LogP contribution in [0.1, 0.15) is 24.0 Å². The SMILES string of the molecule is COc1cc(OC(F)(F)F)ccc1CNC(=O)C(CCc1ccccc1)NC(=O)C(N)CC(=O)N(CCN)CCN. The summed E-state index contributed by atoms with van der Waals surface area (Å²) < 4.78 is 46.7. The maximum Gasteiger partial charge on any atom is 0.573 e. The predicted octanol–water partition coefficient (Wildman–Crippen LogP) is 0.791. The molecule has 0 aliphatic heterocycles. The van der Waals surface area contributed by atoms with E-state index < -0.39 is 36.0 Å². The molecule has 0 aliphatic rings. The van der Waals surface area contributed by atoms with E-state index in [1.54, 1.807) is 0 Å². The van der Waals surface area contributed by atoms with E-state index in [1.165, 1.54) is 18.1 Å². The first-order chi connectivity index (χ1) is 19.5. The van der Waals surface area contributed by atoms with Gasteiger partial charge in [-0.15, -0.1) is 13.2 Å². The fraction of sp³-hybridized carbons (Fsp3) is 0.444. The second-order valence-electron chi connectivity index (χ2n) is 9.09. The summed E-state index contributed by atoms with van der Waals surface area (Å²) in [6.45, 7) is 0.859. The quantitative estimate of drug-likeness (QED) is 0.193. The minimum Gasteiger partial charge on any atom is -0.496 e. The summed E-state index contributed by atoms with van der Waals surface area (Å²) in [6.07, 6.45) is -4.52. The number of carbonyl (C=O) groups is 3. The smallest absolute Gasteiger partial charge is 0.496 e. The van der Waals surface area contributed by atoms with Crippen molar-refractivity contribution in [1.29, 1.82) is 0 Å². The normalized spacial score (nSPS) is 12.7. The van der Waals surface area contributed by atoms with Crippen LogP contribution in [-0.4, -0.2) is 74.4 Å². The number of hydrogen-bond acceptors (Lipinski definition) is 8. The van der Waals surface area contributed by atoms with Crippen LogP contribution in [0.3, 0.4) is 0 Å². The van der Waals surface area contributed by atoms with Crippen LogP contribution in [0.4, 0.5) is 13.2 Å². The molecule has 0 saturated heterocycles. The number of halogens is 3. The molecule has 41 heavy (non-hydrogen) atoms. The first-order valence-electron chi connectivity index (χ1n) is 13.0. The molecule has 226 valence electrons. The molecule has 0 saturated carbocycles. The Labute approximate surface area is 236 Å². The van der Waals surface area contributed by atoms with Crippen molar-refractivity contribution in [3.63, 3.8) is 0 Å². The minimum absolute atomic E-state index is 0.0666. The van der Waals surface area contributed by atoms with Crippen molar-refractivity contribution in [2.24, 2.45) is 17.2 Å². The van der Waals surface area contributed by atoms with Gasteiger partial charge in [-0.25, -0.2) is 0 Å². The van der Waals surface area contributed by atoms with E-state index in [0.717, 1.165) is 17.7 Å². The number of nitrogens with one attached hydrogen (secondary N) is 2. The fourth-order valence-electron chi connectivity index (χ4n) is 3.96. The maximum absolute atomic E-state index is 13.2. The van der Waals surface area contributed by atoms with Gasteiger partial charge in [0.05, 0.1) is 19.6 Å². The van der Waals surface area contributed by atoms with Gasteiger partial charge in [0, 0.05) is 44.4 Å². The molecular weight excluding hydrogens is 545 g/mol. The summed E-state index contributed by atoms with van der Waals surface area (Å²) in [6, 6.07) is 10.5. The Balaban J connectivity index is 2.11. The van der Waals surface area contributed by atoms with Gasteiger partial charge in [0.2, 0.25) is 17.7 Å². The van der Waals surface area contributed by atoms with E-state index in [-0.39, 0.29) is 57.2 Å². The summed E-state index contributed by atoms with van der Waals surface area (Å²) >= 11 is 0. The van der Waals surface area contributed by atoms with Gasteiger partial charge in [-0.05, 0) is 30.5 Å². The van der Waals surface area contributed by atoms with E-state index >= 15 is 0 Å². The van der Waals surface area contributed by atoms with E-state index in [9.17, 15) is 27.6 Å². The molecule has 11 nitrogen and oxygen atoms in total. The lowest BCUT2D eigenvalue weighted by molar-refractivity contribution is -0.274. The molecule has 3 amide bonds. The Bertz CT molecular complexity index is 1130. The number of nitrogens with zero attached hydrogens (tertiary/aromatic N) is 1. The number of methoxy groups -OCH3 is 1. The highest BCUT2D eigenvalue weighted by molar-refractivity contribution is 5.92. The van der Waals surface area contributed by atoms with Crippen LogP contribution in [0.15, 0.2) is 48.5 Å². The van der Waals surface area contributed by atoms with Crippen LogP contribution in [0.25, 0.3) is 0 Å². The molecule has 0 spiro atoms. The van der Waals surface area contributed by atoms with Crippen molar-refractivity contribution in [3.05, 3.63) is 59.7 Å². The maximum atomic E-state index is 13.2. The zero-order valence-electron chi connectivity index (χ0n) is 22.8. The molecule has 2 aromatic rings. The minimum atomic E-state index is -4.87. The Hall–Kier alpha value is -3.88. The Morgan fingerprint density at radius 2 is 1.66 bits per heavy atom. The van der Waals surface area contributed by atoms with E-state index in [0.29, 0.717) is 12.0 Å². The number of amides is 3. The fourth-order valence-corrected chi connectivity index (χ4v) is 3.96. The van der Waals surface area contributed by atoms with Gasteiger partial charge >= 0.3 is 6.36 Å². The molecule has 2 unspecified atom stereocenters.